The maximum atomic E-state index is 11.5. The molecule has 0 spiro atoms. The molecule has 6 heteroatoms. The molecule has 0 aromatic heterocycles. The molecule has 1 saturated heterocycles. The van der Waals surface area contributed by atoms with Gasteiger partial charge in [-0.05, 0) is 25.9 Å². The van der Waals surface area contributed by atoms with Gasteiger partial charge in [0.25, 0.3) is 0 Å². The van der Waals surface area contributed by atoms with Crippen molar-refractivity contribution in [2.75, 3.05) is 39.9 Å². The number of likely N-dealkylation sites (tertiary alicyclic amines) is 1. The fraction of sp³-hybridized carbons (Fsp3) is 0.818. The summed E-state index contributed by atoms with van der Waals surface area (Å²) in [5.41, 5.74) is 5.61. The van der Waals surface area contributed by atoms with Crippen LogP contribution in [0.25, 0.3) is 0 Å². The van der Waals surface area contributed by atoms with Gasteiger partial charge in [0.05, 0.1) is 18.1 Å². The summed E-state index contributed by atoms with van der Waals surface area (Å²) in [4.78, 5) is 14.3. The number of hydrogen-bond donors (Lipinski definition) is 2. The SMILES string of the molecule is COCCNC(=O)CN1CCC(C(N)=S)CC1. The van der Waals surface area contributed by atoms with E-state index in [1.54, 1.807) is 7.11 Å². The summed E-state index contributed by atoms with van der Waals surface area (Å²) < 4.78 is 4.87. The molecule has 0 radical (unpaired) electrons. The topological polar surface area (TPSA) is 67.6 Å². The molecule has 0 unspecified atom stereocenters. The van der Waals surface area contributed by atoms with Crippen LogP contribution in [0.3, 0.4) is 0 Å². The predicted molar refractivity (Wildman–Crippen MR) is 70.8 cm³/mol. The summed E-state index contributed by atoms with van der Waals surface area (Å²) in [6.07, 6.45) is 1.92. The third-order valence-corrected chi connectivity index (χ3v) is 3.32. The highest BCUT2D eigenvalue weighted by molar-refractivity contribution is 7.80. The minimum Gasteiger partial charge on any atom is -0.393 e. The fourth-order valence-electron chi connectivity index (χ4n) is 1.93. The molecular formula is C11H21N3O2S. The van der Waals surface area contributed by atoms with Gasteiger partial charge in [-0.15, -0.1) is 0 Å². The Morgan fingerprint density at radius 1 is 1.53 bits per heavy atom. The van der Waals surface area contributed by atoms with E-state index in [2.05, 4.69) is 10.2 Å². The van der Waals surface area contributed by atoms with Crippen molar-refractivity contribution < 1.29 is 9.53 Å². The van der Waals surface area contributed by atoms with Crippen molar-refractivity contribution >= 4 is 23.1 Å². The normalized spacial score (nSPS) is 17.9. The summed E-state index contributed by atoms with van der Waals surface area (Å²) in [5.74, 6) is 0.397. The highest BCUT2D eigenvalue weighted by atomic mass is 32.1. The molecule has 0 aromatic carbocycles. The molecular weight excluding hydrogens is 238 g/mol. The largest absolute Gasteiger partial charge is 0.393 e. The second-order valence-corrected chi connectivity index (χ2v) is 4.77. The number of ether oxygens (including phenoxy) is 1. The molecule has 1 aliphatic heterocycles. The van der Waals surface area contributed by atoms with Gasteiger partial charge in [0.2, 0.25) is 5.91 Å². The van der Waals surface area contributed by atoms with Crippen molar-refractivity contribution in [3.8, 4) is 0 Å². The zero-order chi connectivity index (χ0) is 12.7. The average Bonchev–Trinajstić information content (AvgIpc) is 2.30. The van der Waals surface area contributed by atoms with E-state index in [9.17, 15) is 4.79 Å². The van der Waals surface area contributed by atoms with Crippen LogP contribution in [-0.2, 0) is 9.53 Å². The third-order valence-electron chi connectivity index (χ3n) is 2.99. The average molecular weight is 259 g/mol. The summed E-state index contributed by atoms with van der Waals surface area (Å²) in [6.45, 7) is 3.35. The number of nitrogens with one attached hydrogen (secondary N) is 1. The Bertz CT molecular complexity index is 265. The zero-order valence-corrected chi connectivity index (χ0v) is 11.1. The predicted octanol–water partition coefficient (Wildman–Crippen LogP) is -0.253. The lowest BCUT2D eigenvalue weighted by molar-refractivity contribution is -0.122. The Kier molecular flexibility index (Phi) is 6.39. The van der Waals surface area contributed by atoms with Crippen molar-refractivity contribution in [3.63, 3.8) is 0 Å². The molecule has 0 saturated carbocycles. The van der Waals surface area contributed by atoms with Crippen molar-refractivity contribution in [2.24, 2.45) is 11.7 Å². The van der Waals surface area contributed by atoms with E-state index in [1.165, 1.54) is 0 Å². The number of nitrogens with zero attached hydrogens (tertiary/aromatic N) is 1. The maximum absolute atomic E-state index is 11.5. The highest BCUT2D eigenvalue weighted by Gasteiger charge is 2.22. The first-order chi connectivity index (χ1) is 8.13. The van der Waals surface area contributed by atoms with Crippen LogP contribution in [0.5, 0.6) is 0 Å². The lowest BCUT2D eigenvalue weighted by Gasteiger charge is -2.30. The molecule has 0 aliphatic carbocycles. The zero-order valence-electron chi connectivity index (χ0n) is 10.3. The van der Waals surface area contributed by atoms with Gasteiger partial charge in [0, 0.05) is 19.6 Å². The van der Waals surface area contributed by atoms with Crippen molar-refractivity contribution in [2.45, 2.75) is 12.8 Å². The Labute approximate surface area is 108 Å². The van der Waals surface area contributed by atoms with Crippen LogP contribution in [0.4, 0.5) is 0 Å². The number of thiocarbonyl (C=S) groups is 1. The Balaban J connectivity index is 2.17. The number of piperidine rings is 1. The molecule has 1 fully saturated rings. The van der Waals surface area contributed by atoms with Gasteiger partial charge in [0.15, 0.2) is 0 Å². The summed E-state index contributed by atoms with van der Waals surface area (Å²) in [5, 5.41) is 2.81. The molecule has 3 N–H and O–H groups in total. The Morgan fingerprint density at radius 3 is 2.71 bits per heavy atom. The first kappa shape index (κ1) is 14.3. The summed E-state index contributed by atoms with van der Waals surface area (Å²) >= 11 is 4.98. The van der Waals surface area contributed by atoms with Crippen LogP contribution in [-0.4, -0.2) is 55.7 Å². The first-order valence-electron chi connectivity index (χ1n) is 5.90. The van der Waals surface area contributed by atoms with E-state index < -0.39 is 0 Å². The Morgan fingerprint density at radius 2 is 2.18 bits per heavy atom. The number of carbonyl (C=O) groups is 1. The summed E-state index contributed by atoms with van der Waals surface area (Å²) in [7, 11) is 1.62. The standard InChI is InChI=1S/C11H21N3O2S/c1-16-7-4-13-10(15)8-14-5-2-9(3-6-14)11(12)17/h9H,2-8H2,1H3,(H2,12,17)(H,13,15). The van der Waals surface area contributed by atoms with E-state index in [0.717, 1.165) is 25.9 Å². The van der Waals surface area contributed by atoms with Crippen molar-refractivity contribution in [1.82, 2.24) is 10.2 Å². The van der Waals surface area contributed by atoms with Gasteiger partial charge in [-0.1, -0.05) is 12.2 Å². The molecule has 0 aromatic rings. The molecule has 1 aliphatic rings. The maximum Gasteiger partial charge on any atom is 0.234 e. The second-order valence-electron chi connectivity index (χ2n) is 4.30. The number of methoxy groups -OCH3 is 1. The third kappa shape index (κ3) is 5.43. The van der Waals surface area contributed by atoms with Crippen LogP contribution in [0.1, 0.15) is 12.8 Å². The molecule has 17 heavy (non-hydrogen) atoms. The van der Waals surface area contributed by atoms with E-state index in [1.807, 2.05) is 0 Å². The molecule has 0 atom stereocenters. The molecule has 5 nitrogen and oxygen atoms in total. The quantitative estimate of drug-likeness (QED) is 0.508. The van der Waals surface area contributed by atoms with Crippen LogP contribution < -0.4 is 11.1 Å². The van der Waals surface area contributed by atoms with Crippen LogP contribution in [0, 0.1) is 5.92 Å². The minimum atomic E-state index is 0.0517. The summed E-state index contributed by atoms with van der Waals surface area (Å²) in [6, 6.07) is 0. The number of rotatable bonds is 6. The van der Waals surface area contributed by atoms with Gasteiger partial charge in [0.1, 0.15) is 0 Å². The number of nitrogens with two attached hydrogens (primary N) is 1. The van der Waals surface area contributed by atoms with Gasteiger partial charge in [-0.25, -0.2) is 0 Å². The van der Waals surface area contributed by atoms with Gasteiger partial charge < -0.3 is 15.8 Å². The minimum absolute atomic E-state index is 0.0517. The molecule has 98 valence electrons. The lowest BCUT2D eigenvalue weighted by atomic mass is 9.97. The number of carbonyl (C=O) groups excluding carboxylic acids is 1. The molecule has 1 amide bonds. The first-order valence-corrected chi connectivity index (χ1v) is 6.31. The van der Waals surface area contributed by atoms with Gasteiger partial charge >= 0.3 is 0 Å². The van der Waals surface area contributed by atoms with Crippen LogP contribution in [0.15, 0.2) is 0 Å². The van der Waals surface area contributed by atoms with Crippen molar-refractivity contribution in [3.05, 3.63) is 0 Å². The van der Waals surface area contributed by atoms with E-state index in [4.69, 9.17) is 22.7 Å². The highest BCUT2D eigenvalue weighted by Crippen LogP contribution is 2.16. The van der Waals surface area contributed by atoms with Crippen LogP contribution >= 0.6 is 12.2 Å². The smallest absolute Gasteiger partial charge is 0.234 e. The fourth-order valence-corrected chi connectivity index (χ4v) is 2.16. The number of amides is 1. The molecule has 1 heterocycles. The lowest BCUT2D eigenvalue weighted by Crippen LogP contribution is -2.43. The molecule has 1 rings (SSSR count). The Hall–Kier alpha value is -0.720. The van der Waals surface area contributed by atoms with E-state index in [0.29, 0.717) is 30.6 Å². The monoisotopic (exact) mass is 259 g/mol. The van der Waals surface area contributed by atoms with Crippen LogP contribution in [0.2, 0.25) is 0 Å². The van der Waals surface area contributed by atoms with Crippen molar-refractivity contribution in [1.29, 1.82) is 0 Å². The van der Waals surface area contributed by atoms with Gasteiger partial charge in [-0.3, -0.25) is 9.69 Å². The van der Waals surface area contributed by atoms with Gasteiger partial charge in [-0.2, -0.15) is 0 Å². The van der Waals surface area contributed by atoms with E-state index in [-0.39, 0.29) is 5.91 Å². The molecule has 0 bridgehead atoms. The number of hydrogen-bond acceptors (Lipinski definition) is 4. The second kappa shape index (κ2) is 7.58. The van der Waals surface area contributed by atoms with E-state index >= 15 is 0 Å².